The van der Waals surface area contributed by atoms with Gasteiger partial charge in [-0.25, -0.2) is 0 Å². The van der Waals surface area contributed by atoms with Crippen LogP contribution in [0, 0.1) is 11.8 Å². The second kappa shape index (κ2) is 9.21. The molecule has 3 rings (SSSR count). The molecular formula is C22H26O5. The van der Waals surface area contributed by atoms with Crippen molar-refractivity contribution in [2.45, 2.75) is 26.7 Å². The zero-order chi connectivity index (χ0) is 20.0. The van der Waals surface area contributed by atoms with Crippen LogP contribution in [0.3, 0.4) is 0 Å². The summed E-state index contributed by atoms with van der Waals surface area (Å²) in [6.45, 7) is 3.67. The first-order valence-electron chi connectivity index (χ1n) is 8.92. The number of fused-ring (bicyclic) bond motifs is 1. The summed E-state index contributed by atoms with van der Waals surface area (Å²) in [7, 11) is 3.22. The van der Waals surface area contributed by atoms with Crippen LogP contribution in [-0.4, -0.2) is 31.1 Å². The summed E-state index contributed by atoms with van der Waals surface area (Å²) in [5, 5.41) is 8.72. The SMILES string of the molecule is COc1ccc(CC(C)C(=O)O)cc1.COc1ccc2c(c1)C(=O)C(C)C2. The summed E-state index contributed by atoms with van der Waals surface area (Å²) in [5.74, 6) is 0.832. The molecule has 144 valence electrons. The molecular weight excluding hydrogens is 344 g/mol. The van der Waals surface area contributed by atoms with Crippen molar-refractivity contribution in [2.24, 2.45) is 11.8 Å². The summed E-state index contributed by atoms with van der Waals surface area (Å²) in [5.41, 5.74) is 3.01. The van der Waals surface area contributed by atoms with Gasteiger partial charge in [0.1, 0.15) is 11.5 Å². The van der Waals surface area contributed by atoms with Crippen LogP contribution >= 0.6 is 0 Å². The van der Waals surface area contributed by atoms with Gasteiger partial charge in [0.25, 0.3) is 0 Å². The largest absolute Gasteiger partial charge is 0.497 e. The maximum absolute atomic E-state index is 11.6. The molecule has 1 aliphatic carbocycles. The highest BCUT2D eigenvalue weighted by Crippen LogP contribution is 2.29. The number of hydrogen-bond acceptors (Lipinski definition) is 4. The molecule has 0 aliphatic heterocycles. The van der Waals surface area contributed by atoms with Crippen molar-refractivity contribution in [3.05, 3.63) is 59.2 Å². The normalized spacial score (nSPS) is 16.0. The predicted molar refractivity (Wildman–Crippen MR) is 104 cm³/mol. The Balaban J connectivity index is 0.000000194. The molecule has 1 aliphatic rings. The second-order valence-electron chi connectivity index (χ2n) is 6.78. The molecule has 2 unspecified atom stereocenters. The van der Waals surface area contributed by atoms with E-state index < -0.39 is 5.97 Å². The van der Waals surface area contributed by atoms with Gasteiger partial charge < -0.3 is 14.6 Å². The van der Waals surface area contributed by atoms with Gasteiger partial charge in [-0.3, -0.25) is 9.59 Å². The Bertz CT molecular complexity index is 795. The topological polar surface area (TPSA) is 72.8 Å². The number of carboxylic acid groups (broad SMARTS) is 1. The van der Waals surface area contributed by atoms with Crippen LogP contribution in [0.2, 0.25) is 0 Å². The van der Waals surface area contributed by atoms with E-state index in [1.165, 1.54) is 0 Å². The number of aliphatic carboxylic acids is 1. The van der Waals surface area contributed by atoms with E-state index in [0.29, 0.717) is 6.42 Å². The van der Waals surface area contributed by atoms with Crippen LogP contribution in [0.4, 0.5) is 0 Å². The molecule has 0 bridgehead atoms. The van der Waals surface area contributed by atoms with Crippen molar-refractivity contribution in [1.29, 1.82) is 0 Å². The van der Waals surface area contributed by atoms with Gasteiger partial charge >= 0.3 is 5.97 Å². The van der Waals surface area contributed by atoms with Crippen molar-refractivity contribution in [3.63, 3.8) is 0 Å². The molecule has 0 heterocycles. The van der Waals surface area contributed by atoms with Crippen LogP contribution in [0.15, 0.2) is 42.5 Å². The second-order valence-corrected chi connectivity index (χ2v) is 6.78. The number of carboxylic acids is 1. The lowest BCUT2D eigenvalue weighted by Crippen LogP contribution is -2.12. The molecule has 5 heteroatoms. The number of benzene rings is 2. The monoisotopic (exact) mass is 370 g/mol. The molecule has 0 amide bonds. The third kappa shape index (κ3) is 5.33. The highest BCUT2D eigenvalue weighted by atomic mass is 16.5. The lowest BCUT2D eigenvalue weighted by Gasteiger charge is -2.06. The number of carbonyl (C=O) groups excluding carboxylic acids is 1. The lowest BCUT2D eigenvalue weighted by molar-refractivity contribution is -0.141. The number of Topliss-reactive ketones (excluding diaryl/α,β-unsaturated/α-hetero) is 1. The van der Waals surface area contributed by atoms with Crippen LogP contribution in [0.1, 0.15) is 35.3 Å². The Morgan fingerprint density at radius 2 is 1.70 bits per heavy atom. The van der Waals surface area contributed by atoms with Crippen molar-refractivity contribution < 1.29 is 24.2 Å². The molecule has 0 saturated carbocycles. The standard InChI is InChI=1S/C11H14O3.C11H12O2/c1-8(11(12)13)7-9-3-5-10(14-2)6-4-9;1-7-5-8-3-4-9(13-2)6-10(8)11(7)12/h3-6,8H,7H2,1-2H3,(H,12,13);3-4,6-7H,5H2,1-2H3. The summed E-state index contributed by atoms with van der Waals surface area (Å²) in [6, 6.07) is 13.2. The number of ketones is 1. The van der Waals surface area contributed by atoms with E-state index >= 15 is 0 Å². The molecule has 2 atom stereocenters. The molecule has 27 heavy (non-hydrogen) atoms. The fourth-order valence-corrected chi connectivity index (χ4v) is 2.98. The highest BCUT2D eigenvalue weighted by molar-refractivity contribution is 6.02. The average molecular weight is 370 g/mol. The first-order chi connectivity index (χ1) is 12.8. The summed E-state index contributed by atoms with van der Waals surface area (Å²) in [6.07, 6.45) is 1.43. The zero-order valence-electron chi connectivity index (χ0n) is 16.2. The molecule has 0 radical (unpaired) electrons. The van der Waals surface area contributed by atoms with Crippen molar-refractivity contribution >= 4 is 11.8 Å². The van der Waals surface area contributed by atoms with E-state index in [-0.39, 0.29) is 17.6 Å². The zero-order valence-corrected chi connectivity index (χ0v) is 16.2. The molecule has 0 spiro atoms. The summed E-state index contributed by atoms with van der Waals surface area (Å²) >= 11 is 0. The van der Waals surface area contributed by atoms with Gasteiger partial charge in [-0.15, -0.1) is 0 Å². The van der Waals surface area contributed by atoms with Crippen LogP contribution < -0.4 is 9.47 Å². The Labute approximate surface area is 159 Å². The first kappa shape index (κ1) is 20.5. The van der Waals surface area contributed by atoms with E-state index in [2.05, 4.69) is 0 Å². The van der Waals surface area contributed by atoms with Gasteiger partial charge in [-0.2, -0.15) is 0 Å². The maximum atomic E-state index is 11.6. The first-order valence-corrected chi connectivity index (χ1v) is 8.92. The Morgan fingerprint density at radius 1 is 1.11 bits per heavy atom. The lowest BCUT2D eigenvalue weighted by atomic mass is 10.0. The van der Waals surface area contributed by atoms with Gasteiger partial charge in [0.15, 0.2) is 5.78 Å². The predicted octanol–water partition coefficient (Wildman–Crippen LogP) is 4.03. The number of ether oxygens (including phenoxy) is 2. The molecule has 5 nitrogen and oxygen atoms in total. The smallest absolute Gasteiger partial charge is 0.306 e. The third-order valence-electron chi connectivity index (χ3n) is 4.68. The molecule has 0 aromatic heterocycles. The molecule has 0 saturated heterocycles. The summed E-state index contributed by atoms with van der Waals surface area (Å²) < 4.78 is 10.1. The molecule has 2 aromatic carbocycles. The minimum Gasteiger partial charge on any atom is -0.497 e. The van der Waals surface area contributed by atoms with Gasteiger partial charge in [-0.05, 0) is 48.2 Å². The minimum absolute atomic E-state index is 0.141. The van der Waals surface area contributed by atoms with Gasteiger partial charge in [-0.1, -0.05) is 32.0 Å². The Morgan fingerprint density at radius 3 is 2.26 bits per heavy atom. The van der Waals surface area contributed by atoms with Crippen LogP contribution in [0.25, 0.3) is 0 Å². The number of hydrogen-bond donors (Lipinski definition) is 1. The third-order valence-corrected chi connectivity index (χ3v) is 4.68. The van der Waals surface area contributed by atoms with Crippen LogP contribution in [-0.2, 0) is 17.6 Å². The molecule has 0 fully saturated rings. The maximum Gasteiger partial charge on any atom is 0.306 e. The van der Waals surface area contributed by atoms with E-state index in [0.717, 1.165) is 34.6 Å². The number of rotatable bonds is 5. The minimum atomic E-state index is -0.763. The van der Waals surface area contributed by atoms with E-state index in [4.69, 9.17) is 14.6 Å². The Kier molecular flexibility index (Phi) is 6.99. The average Bonchev–Trinajstić information content (AvgIpc) is 2.96. The van der Waals surface area contributed by atoms with E-state index in [1.807, 2.05) is 49.4 Å². The van der Waals surface area contributed by atoms with Gasteiger partial charge in [0.2, 0.25) is 0 Å². The number of methoxy groups -OCH3 is 2. The molecule has 2 aromatic rings. The van der Waals surface area contributed by atoms with Gasteiger partial charge in [0, 0.05) is 11.5 Å². The van der Waals surface area contributed by atoms with Crippen molar-refractivity contribution in [3.8, 4) is 11.5 Å². The Hall–Kier alpha value is -2.82. The molecule has 1 N–H and O–H groups in total. The quantitative estimate of drug-likeness (QED) is 0.860. The van der Waals surface area contributed by atoms with Crippen molar-refractivity contribution in [1.82, 2.24) is 0 Å². The van der Waals surface area contributed by atoms with E-state index in [9.17, 15) is 9.59 Å². The van der Waals surface area contributed by atoms with Crippen molar-refractivity contribution in [2.75, 3.05) is 14.2 Å². The summed E-state index contributed by atoms with van der Waals surface area (Å²) in [4.78, 5) is 22.2. The fraction of sp³-hybridized carbons (Fsp3) is 0.364. The highest BCUT2D eigenvalue weighted by Gasteiger charge is 2.26. The number of carbonyl (C=O) groups is 2. The van der Waals surface area contributed by atoms with E-state index in [1.54, 1.807) is 21.1 Å². The van der Waals surface area contributed by atoms with Crippen LogP contribution in [0.5, 0.6) is 11.5 Å². The van der Waals surface area contributed by atoms with Gasteiger partial charge in [0.05, 0.1) is 20.1 Å². The fourth-order valence-electron chi connectivity index (χ4n) is 2.98.